The lowest BCUT2D eigenvalue weighted by Gasteiger charge is -2.25. The maximum atomic E-state index is 13.1. The van der Waals surface area contributed by atoms with Gasteiger partial charge in [0.15, 0.2) is 0 Å². The van der Waals surface area contributed by atoms with Crippen LogP contribution in [0.4, 0.5) is 0 Å². The second-order valence-electron chi connectivity index (χ2n) is 7.91. The normalized spacial score (nSPS) is 17.4. The highest BCUT2D eigenvalue weighted by Gasteiger charge is 2.46. The largest absolute Gasteiger partial charge is 0.507 e. The number of nitrogens with zero attached hydrogens (tertiary/aromatic N) is 1. The third kappa shape index (κ3) is 4.98. The predicted molar refractivity (Wildman–Crippen MR) is 128 cm³/mol. The molecule has 2 aromatic carbocycles. The fourth-order valence-corrected chi connectivity index (χ4v) is 4.07. The molecule has 0 aliphatic carbocycles. The Kier molecular flexibility index (Phi) is 8.06. The van der Waals surface area contributed by atoms with Gasteiger partial charge in [-0.2, -0.15) is 0 Å². The van der Waals surface area contributed by atoms with Gasteiger partial charge in [-0.15, -0.1) is 0 Å². The van der Waals surface area contributed by atoms with E-state index in [9.17, 15) is 14.7 Å². The Morgan fingerprint density at radius 2 is 1.71 bits per heavy atom. The summed E-state index contributed by atoms with van der Waals surface area (Å²) in [6.07, 6.45) is -0.00876. The van der Waals surface area contributed by atoms with Gasteiger partial charge < -0.3 is 29.0 Å². The molecule has 2 aromatic rings. The maximum absolute atomic E-state index is 13.1. The molecule has 1 aliphatic rings. The van der Waals surface area contributed by atoms with E-state index in [0.717, 1.165) is 0 Å². The van der Waals surface area contributed by atoms with Crippen molar-refractivity contribution in [3.8, 4) is 17.2 Å². The van der Waals surface area contributed by atoms with E-state index in [1.54, 1.807) is 24.3 Å². The number of ketones is 1. The molecule has 0 bridgehead atoms. The summed E-state index contributed by atoms with van der Waals surface area (Å²) in [5, 5.41) is 11.6. The molecule has 1 aliphatic heterocycles. The third-order valence-electron chi connectivity index (χ3n) is 5.37. The van der Waals surface area contributed by atoms with Gasteiger partial charge in [0, 0.05) is 19.7 Å². The standard InChI is InChI=1S/C25H28ClNO7/c1-14(2)34-16-8-6-15(7-9-16)22-21(24(29)25(30)27(22)10-11-31-3)23(28)17-12-20(33-5)18(26)13-19(17)32-4/h6-9,12-14,22,28H,10-11H2,1-5H3/b23-21+. The van der Waals surface area contributed by atoms with Gasteiger partial charge in [-0.25, -0.2) is 0 Å². The van der Waals surface area contributed by atoms with Gasteiger partial charge in [-0.3, -0.25) is 9.59 Å². The molecule has 1 amide bonds. The Balaban J connectivity index is 2.19. The Hall–Kier alpha value is -3.23. The maximum Gasteiger partial charge on any atom is 0.295 e. The van der Waals surface area contributed by atoms with Gasteiger partial charge in [-0.05, 0) is 37.6 Å². The Labute approximate surface area is 203 Å². The number of halogens is 1. The summed E-state index contributed by atoms with van der Waals surface area (Å²) in [4.78, 5) is 27.5. The lowest BCUT2D eigenvalue weighted by Crippen LogP contribution is -2.32. The van der Waals surface area contributed by atoms with Crippen LogP contribution in [-0.4, -0.2) is 62.3 Å². The van der Waals surface area contributed by atoms with Crippen molar-refractivity contribution >= 4 is 29.1 Å². The van der Waals surface area contributed by atoms with E-state index in [0.29, 0.717) is 11.3 Å². The van der Waals surface area contributed by atoms with Crippen molar-refractivity contribution in [1.29, 1.82) is 0 Å². The average Bonchev–Trinajstić information content (AvgIpc) is 3.07. The first-order valence-electron chi connectivity index (χ1n) is 10.7. The molecule has 9 heteroatoms. The zero-order valence-electron chi connectivity index (χ0n) is 19.8. The topological polar surface area (TPSA) is 94.5 Å². The van der Waals surface area contributed by atoms with Crippen LogP contribution in [-0.2, 0) is 14.3 Å². The molecule has 3 rings (SSSR count). The van der Waals surface area contributed by atoms with Crippen LogP contribution >= 0.6 is 11.6 Å². The quantitative estimate of drug-likeness (QED) is 0.320. The molecule has 1 fully saturated rings. The van der Waals surface area contributed by atoms with Gasteiger partial charge in [0.05, 0.1) is 49.1 Å². The number of likely N-dealkylation sites (tertiary alicyclic amines) is 1. The number of rotatable bonds is 9. The highest BCUT2D eigenvalue weighted by Crippen LogP contribution is 2.43. The first-order chi connectivity index (χ1) is 16.2. The fraction of sp³-hybridized carbons (Fsp3) is 0.360. The highest BCUT2D eigenvalue weighted by molar-refractivity contribution is 6.46. The summed E-state index contributed by atoms with van der Waals surface area (Å²) in [7, 11) is 4.35. The summed E-state index contributed by atoms with van der Waals surface area (Å²) in [5.41, 5.74) is 0.743. The second kappa shape index (κ2) is 10.8. The predicted octanol–water partition coefficient (Wildman–Crippen LogP) is 4.21. The van der Waals surface area contributed by atoms with E-state index in [2.05, 4.69) is 0 Å². The highest BCUT2D eigenvalue weighted by atomic mass is 35.5. The molecular formula is C25H28ClNO7. The van der Waals surface area contributed by atoms with Gasteiger partial charge in [0.1, 0.15) is 23.0 Å². The summed E-state index contributed by atoms with van der Waals surface area (Å²) in [5.74, 6) is -0.771. The SMILES string of the molecule is COCCN1C(=O)C(=O)/C(=C(/O)c2cc(OC)c(Cl)cc2OC)C1c1ccc(OC(C)C)cc1. The van der Waals surface area contributed by atoms with Gasteiger partial charge in [0.25, 0.3) is 11.7 Å². The number of hydrogen-bond acceptors (Lipinski definition) is 7. The summed E-state index contributed by atoms with van der Waals surface area (Å²) in [6.45, 7) is 4.22. The van der Waals surface area contributed by atoms with Crippen molar-refractivity contribution in [2.24, 2.45) is 0 Å². The molecule has 8 nitrogen and oxygen atoms in total. The van der Waals surface area contributed by atoms with Crippen LogP contribution in [0, 0.1) is 0 Å². The molecule has 1 saturated heterocycles. The molecule has 0 radical (unpaired) electrons. The second-order valence-corrected chi connectivity index (χ2v) is 8.32. The number of aliphatic hydroxyl groups is 1. The van der Waals surface area contributed by atoms with Crippen molar-refractivity contribution in [1.82, 2.24) is 4.90 Å². The van der Waals surface area contributed by atoms with E-state index in [4.69, 9.17) is 30.5 Å². The Morgan fingerprint density at radius 3 is 2.26 bits per heavy atom. The number of Topliss-reactive ketones (excluding diaryl/α,β-unsaturated/α-hetero) is 1. The van der Waals surface area contributed by atoms with E-state index < -0.39 is 23.5 Å². The van der Waals surface area contributed by atoms with Crippen LogP contribution < -0.4 is 14.2 Å². The smallest absolute Gasteiger partial charge is 0.295 e. The van der Waals surface area contributed by atoms with Crippen molar-refractivity contribution in [2.45, 2.75) is 26.0 Å². The number of amides is 1. The van der Waals surface area contributed by atoms with Crippen LogP contribution in [0.25, 0.3) is 5.76 Å². The van der Waals surface area contributed by atoms with Crippen LogP contribution in [0.1, 0.15) is 31.0 Å². The van der Waals surface area contributed by atoms with Crippen LogP contribution in [0.3, 0.4) is 0 Å². The lowest BCUT2D eigenvalue weighted by molar-refractivity contribution is -0.140. The average molecular weight is 490 g/mol. The number of ether oxygens (including phenoxy) is 4. The van der Waals surface area contributed by atoms with Crippen molar-refractivity contribution in [2.75, 3.05) is 34.5 Å². The van der Waals surface area contributed by atoms with Crippen molar-refractivity contribution < 1.29 is 33.6 Å². The monoisotopic (exact) mass is 489 g/mol. The summed E-state index contributed by atoms with van der Waals surface area (Å²) < 4.78 is 21.5. The number of benzene rings is 2. The fourth-order valence-electron chi connectivity index (χ4n) is 3.84. The van der Waals surface area contributed by atoms with Crippen LogP contribution in [0.5, 0.6) is 17.2 Å². The Morgan fingerprint density at radius 1 is 1.06 bits per heavy atom. The number of carbonyl (C=O) groups is 2. The number of carbonyl (C=O) groups excluding carboxylic acids is 2. The van der Waals surface area contributed by atoms with E-state index in [-0.39, 0.29) is 46.9 Å². The molecular weight excluding hydrogens is 462 g/mol. The molecule has 0 spiro atoms. The molecule has 0 aromatic heterocycles. The summed E-state index contributed by atoms with van der Waals surface area (Å²) in [6, 6.07) is 9.16. The first kappa shape index (κ1) is 25.4. The Bertz CT molecular complexity index is 1100. The molecule has 182 valence electrons. The van der Waals surface area contributed by atoms with Crippen molar-refractivity contribution in [3.63, 3.8) is 0 Å². The van der Waals surface area contributed by atoms with Crippen molar-refractivity contribution in [3.05, 3.63) is 58.1 Å². The van der Waals surface area contributed by atoms with Crippen LogP contribution in [0.15, 0.2) is 42.0 Å². The van der Waals surface area contributed by atoms with E-state index in [1.165, 1.54) is 38.4 Å². The molecule has 1 atom stereocenters. The van der Waals surface area contributed by atoms with Gasteiger partial charge in [0.2, 0.25) is 0 Å². The minimum atomic E-state index is -0.838. The van der Waals surface area contributed by atoms with Gasteiger partial charge >= 0.3 is 0 Å². The minimum absolute atomic E-state index is 0.00876. The number of aliphatic hydroxyl groups excluding tert-OH is 1. The zero-order chi connectivity index (χ0) is 25.0. The van der Waals surface area contributed by atoms with E-state index in [1.807, 2.05) is 13.8 Å². The minimum Gasteiger partial charge on any atom is -0.507 e. The third-order valence-corrected chi connectivity index (χ3v) is 5.67. The van der Waals surface area contributed by atoms with Crippen LogP contribution in [0.2, 0.25) is 5.02 Å². The van der Waals surface area contributed by atoms with Gasteiger partial charge in [-0.1, -0.05) is 23.7 Å². The zero-order valence-corrected chi connectivity index (χ0v) is 20.5. The number of methoxy groups -OCH3 is 3. The molecule has 0 saturated carbocycles. The molecule has 1 heterocycles. The molecule has 1 unspecified atom stereocenters. The molecule has 1 N–H and O–H groups in total. The lowest BCUT2D eigenvalue weighted by atomic mass is 9.95. The first-order valence-corrected chi connectivity index (χ1v) is 11.1. The molecule has 34 heavy (non-hydrogen) atoms. The summed E-state index contributed by atoms with van der Waals surface area (Å²) >= 11 is 6.19. The van der Waals surface area contributed by atoms with E-state index >= 15 is 0 Å². The number of hydrogen-bond donors (Lipinski definition) is 1.